The second kappa shape index (κ2) is 11.5. The first-order valence-electron chi connectivity index (χ1n) is 9.83. The van der Waals surface area contributed by atoms with Gasteiger partial charge in [0.25, 0.3) is 0 Å². The molecule has 0 aromatic heterocycles. The topological polar surface area (TPSA) is 85.2 Å². The first-order valence-corrected chi connectivity index (χ1v) is 9.83. The fourth-order valence-corrected chi connectivity index (χ4v) is 3.79. The van der Waals surface area contributed by atoms with Crippen molar-refractivity contribution < 1.29 is 29.8 Å². The van der Waals surface area contributed by atoms with Crippen LogP contribution in [0, 0.1) is 11.8 Å². The van der Waals surface area contributed by atoms with Crippen LogP contribution in [0.2, 0.25) is 0 Å². The van der Waals surface area contributed by atoms with Crippen molar-refractivity contribution in [1.82, 2.24) is 0 Å². The summed E-state index contributed by atoms with van der Waals surface area (Å²) < 4.78 is 0. The lowest BCUT2D eigenvalue weighted by atomic mass is 9.89. The summed E-state index contributed by atoms with van der Waals surface area (Å²) in [4.78, 5) is 25.9. The smallest absolute Gasteiger partial charge is 0.303 e. The Bertz CT molecular complexity index is 475. The van der Waals surface area contributed by atoms with Crippen LogP contribution in [0.25, 0.3) is 0 Å². The lowest BCUT2D eigenvalue weighted by Gasteiger charge is -2.27. The average molecular weight is 368 g/mol. The maximum Gasteiger partial charge on any atom is 0.303 e. The highest BCUT2D eigenvalue weighted by atomic mass is 17.2. The van der Waals surface area contributed by atoms with E-state index < -0.39 is 5.97 Å². The Morgan fingerprint density at radius 2 is 2.04 bits per heavy atom. The molecule has 0 unspecified atom stereocenters. The second-order valence-electron chi connectivity index (χ2n) is 7.26. The normalized spacial score (nSPS) is 29.2. The molecule has 2 rings (SSSR count). The first-order chi connectivity index (χ1) is 12.7. The van der Waals surface area contributed by atoms with Crippen molar-refractivity contribution in [3.63, 3.8) is 0 Å². The highest BCUT2D eigenvalue weighted by molar-refractivity contribution is 5.66. The van der Waals surface area contributed by atoms with Crippen molar-refractivity contribution in [2.24, 2.45) is 11.8 Å². The number of hydrogen-bond donors (Lipinski definition) is 2. The Morgan fingerprint density at radius 3 is 2.77 bits per heavy atom. The number of allylic oxidation sites excluding steroid dienone is 2. The molecule has 26 heavy (non-hydrogen) atoms. The number of carbonyl (C=O) groups is 1. The predicted molar refractivity (Wildman–Crippen MR) is 97.4 cm³/mol. The summed E-state index contributed by atoms with van der Waals surface area (Å²) in [6.07, 6.45) is 15.7. The molecule has 0 aromatic rings. The van der Waals surface area contributed by atoms with E-state index in [4.69, 9.17) is 20.1 Å². The van der Waals surface area contributed by atoms with E-state index in [0.717, 1.165) is 44.9 Å². The van der Waals surface area contributed by atoms with Gasteiger partial charge >= 0.3 is 5.97 Å². The minimum atomic E-state index is -0.748. The van der Waals surface area contributed by atoms with E-state index >= 15 is 0 Å². The van der Waals surface area contributed by atoms with Crippen LogP contribution in [0.15, 0.2) is 24.3 Å². The summed E-state index contributed by atoms with van der Waals surface area (Å²) in [5.41, 5.74) is 0. The third kappa shape index (κ3) is 6.50. The van der Waals surface area contributed by atoms with Gasteiger partial charge in [0, 0.05) is 24.7 Å². The predicted octanol–water partition coefficient (Wildman–Crippen LogP) is 4.52. The fraction of sp³-hybridized carbons (Fsp3) is 0.750. The van der Waals surface area contributed by atoms with Crippen molar-refractivity contribution in [1.29, 1.82) is 0 Å². The molecule has 0 radical (unpaired) electrons. The van der Waals surface area contributed by atoms with Crippen LogP contribution in [0.5, 0.6) is 0 Å². The van der Waals surface area contributed by atoms with E-state index in [9.17, 15) is 4.79 Å². The Labute approximate surface area is 155 Å². The molecular formula is C20H32O6. The molecule has 0 amide bonds. The molecule has 2 aliphatic rings. The number of aliphatic carboxylic acids is 1. The van der Waals surface area contributed by atoms with E-state index in [2.05, 4.69) is 30.0 Å². The van der Waals surface area contributed by atoms with Crippen molar-refractivity contribution in [2.45, 2.75) is 83.0 Å². The number of rotatable bonds is 13. The Hall–Kier alpha value is -1.21. The summed E-state index contributed by atoms with van der Waals surface area (Å²) in [5, 5.41) is 17.8. The minimum absolute atomic E-state index is 0.0663. The number of carboxylic acid groups (broad SMARTS) is 1. The summed E-state index contributed by atoms with van der Waals surface area (Å²) >= 11 is 0. The third-order valence-electron chi connectivity index (χ3n) is 5.28. The molecule has 1 aliphatic heterocycles. The fourth-order valence-electron chi connectivity index (χ4n) is 3.79. The van der Waals surface area contributed by atoms with Gasteiger partial charge in [0.15, 0.2) is 0 Å². The molecule has 0 aromatic carbocycles. The van der Waals surface area contributed by atoms with Gasteiger partial charge in [-0.3, -0.25) is 10.1 Å². The van der Waals surface area contributed by atoms with Crippen molar-refractivity contribution in [3.8, 4) is 0 Å². The molecule has 6 heteroatoms. The molecule has 1 saturated carbocycles. The van der Waals surface area contributed by atoms with Gasteiger partial charge in [-0.2, -0.15) is 0 Å². The number of carboxylic acids is 1. The van der Waals surface area contributed by atoms with Crippen LogP contribution in [0.3, 0.4) is 0 Å². The molecule has 0 spiro atoms. The van der Waals surface area contributed by atoms with Crippen LogP contribution in [-0.4, -0.2) is 34.6 Å². The van der Waals surface area contributed by atoms with Gasteiger partial charge in [-0.05, 0) is 25.7 Å². The summed E-state index contributed by atoms with van der Waals surface area (Å²) in [6.45, 7) is 2.15. The van der Waals surface area contributed by atoms with Gasteiger partial charge in [-0.15, -0.1) is 0 Å². The zero-order chi connectivity index (χ0) is 18.8. The minimum Gasteiger partial charge on any atom is -0.481 e. The third-order valence-corrected chi connectivity index (χ3v) is 5.28. The quantitative estimate of drug-likeness (QED) is 0.215. The molecule has 1 saturated heterocycles. The van der Waals surface area contributed by atoms with E-state index in [1.54, 1.807) is 0 Å². The Kier molecular flexibility index (Phi) is 9.32. The maximum atomic E-state index is 10.5. The van der Waals surface area contributed by atoms with Crippen LogP contribution in [-0.2, 0) is 19.5 Å². The zero-order valence-electron chi connectivity index (χ0n) is 15.6. The lowest BCUT2D eigenvalue weighted by molar-refractivity contribution is -0.336. The molecule has 6 nitrogen and oxygen atoms in total. The van der Waals surface area contributed by atoms with Gasteiger partial charge in [-0.1, -0.05) is 50.5 Å². The van der Waals surface area contributed by atoms with Gasteiger partial charge in [-0.25, -0.2) is 14.7 Å². The van der Waals surface area contributed by atoms with E-state index in [-0.39, 0.29) is 30.7 Å². The van der Waals surface area contributed by atoms with Crippen molar-refractivity contribution in [3.05, 3.63) is 24.3 Å². The number of unbranched alkanes of at least 4 members (excludes halogenated alkanes) is 3. The second-order valence-corrected chi connectivity index (χ2v) is 7.26. The van der Waals surface area contributed by atoms with Crippen molar-refractivity contribution in [2.75, 3.05) is 0 Å². The zero-order valence-corrected chi connectivity index (χ0v) is 15.6. The highest BCUT2D eigenvalue weighted by Gasteiger charge is 2.49. The summed E-state index contributed by atoms with van der Waals surface area (Å²) in [7, 11) is 0. The number of fused-ring (bicyclic) bond motifs is 2. The van der Waals surface area contributed by atoms with Crippen molar-refractivity contribution >= 4 is 5.97 Å². The Morgan fingerprint density at radius 1 is 1.23 bits per heavy atom. The van der Waals surface area contributed by atoms with Gasteiger partial charge in [0.05, 0.1) is 6.10 Å². The summed E-state index contributed by atoms with van der Waals surface area (Å²) in [6, 6.07) is 0. The number of hydrogen-bond acceptors (Lipinski definition) is 5. The maximum absolute atomic E-state index is 10.5. The molecule has 148 valence electrons. The van der Waals surface area contributed by atoms with Gasteiger partial charge in [0.2, 0.25) is 0 Å². The first kappa shape index (κ1) is 21.1. The molecule has 2 fully saturated rings. The van der Waals surface area contributed by atoms with E-state index in [1.165, 1.54) is 0 Å². The van der Waals surface area contributed by atoms with E-state index in [1.807, 2.05) is 6.08 Å². The van der Waals surface area contributed by atoms with Crippen LogP contribution >= 0.6 is 0 Å². The molecule has 2 N–H and O–H groups in total. The highest BCUT2D eigenvalue weighted by Crippen LogP contribution is 2.44. The molecule has 5 atom stereocenters. The van der Waals surface area contributed by atoms with Crippen LogP contribution < -0.4 is 0 Å². The summed E-state index contributed by atoms with van der Waals surface area (Å²) in [5.74, 6) is -0.154. The molecular weight excluding hydrogens is 336 g/mol. The van der Waals surface area contributed by atoms with E-state index in [0.29, 0.717) is 12.3 Å². The SMILES string of the molecule is CCCCC[C@@H](/C=C/[C@H]1[C@H](C/C=C\CCCC(=O)O)[C@H]2C[C@@H]1OO2)OO. The lowest BCUT2D eigenvalue weighted by Crippen LogP contribution is -2.29. The van der Waals surface area contributed by atoms with Crippen LogP contribution in [0.1, 0.15) is 64.7 Å². The molecule has 1 heterocycles. The Balaban J connectivity index is 1.82. The van der Waals surface area contributed by atoms with Gasteiger partial charge < -0.3 is 5.11 Å². The molecule has 1 aliphatic carbocycles. The monoisotopic (exact) mass is 368 g/mol. The average Bonchev–Trinajstić information content (AvgIpc) is 3.22. The standard InChI is InChI=1S/C20H32O6/c1-2-3-6-9-15(24-23)12-13-17-16(18-14-19(17)26-25-18)10-7-4-5-8-11-20(21)22/h4,7,12-13,15-19,23H,2-3,5-6,8-11,14H2,1H3,(H,21,22)/b7-4-,13-12+/t15-,16-,17-,18+,19-/m0/s1. The van der Waals surface area contributed by atoms with Crippen LogP contribution in [0.4, 0.5) is 0 Å². The van der Waals surface area contributed by atoms with Gasteiger partial charge in [0.1, 0.15) is 12.2 Å². The largest absolute Gasteiger partial charge is 0.481 e. The molecule has 2 bridgehead atoms.